The van der Waals surface area contributed by atoms with Gasteiger partial charge in [0.25, 0.3) is 0 Å². The number of rotatable bonds is 6. The van der Waals surface area contributed by atoms with E-state index in [0.29, 0.717) is 23.8 Å². The summed E-state index contributed by atoms with van der Waals surface area (Å²) in [6.07, 6.45) is 0.873. The summed E-state index contributed by atoms with van der Waals surface area (Å²) in [6, 6.07) is 25.6. The van der Waals surface area contributed by atoms with Gasteiger partial charge in [0.1, 0.15) is 17.4 Å². The molecule has 6 heteroatoms. The summed E-state index contributed by atoms with van der Waals surface area (Å²) >= 11 is 6.21. The number of hydrogen-bond acceptors (Lipinski definition) is 3. The van der Waals surface area contributed by atoms with Crippen molar-refractivity contribution >= 4 is 17.3 Å². The fourth-order valence-corrected chi connectivity index (χ4v) is 5.29. The highest BCUT2D eigenvalue weighted by Crippen LogP contribution is 2.37. The molecular formula is C31H29ClF2N2O. The van der Waals surface area contributed by atoms with Crippen molar-refractivity contribution in [2.45, 2.75) is 25.4 Å². The van der Waals surface area contributed by atoms with E-state index < -0.39 is 11.6 Å². The van der Waals surface area contributed by atoms with E-state index in [9.17, 15) is 13.9 Å². The van der Waals surface area contributed by atoms with Crippen LogP contribution in [0.25, 0.3) is 0 Å². The molecular weight excluding hydrogens is 490 g/mol. The highest BCUT2D eigenvalue weighted by molar-refractivity contribution is 6.32. The highest BCUT2D eigenvalue weighted by Gasteiger charge is 2.24. The van der Waals surface area contributed by atoms with Crippen LogP contribution in [0.2, 0.25) is 5.02 Å². The number of benzene rings is 4. The summed E-state index contributed by atoms with van der Waals surface area (Å²) in [5.74, 6) is -0.977. The number of halogens is 3. The van der Waals surface area contributed by atoms with Gasteiger partial charge in [-0.05, 0) is 65.6 Å². The summed E-state index contributed by atoms with van der Waals surface area (Å²) < 4.78 is 28.4. The van der Waals surface area contributed by atoms with Crippen molar-refractivity contribution in [2.24, 2.45) is 0 Å². The van der Waals surface area contributed by atoms with Crippen molar-refractivity contribution in [3.8, 4) is 5.75 Å². The Morgan fingerprint density at radius 2 is 1.62 bits per heavy atom. The molecule has 0 fully saturated rings. The van der Waals surface area contributed by atoms with E-state index in [1.807, 2.05) is 41.3 Å². The predicted molar refractivity (Wildman–Crippen MR) is 145 cm³/mol. The average Bonchev–Trinajstić information content (AvgIpc) is 3.04. The Morgan fingerprint density at radius 3 is 2.32 bits per heavy atom. The van der Waals surface area contributed by atoms with Gasteiger partial charge >= 0.3 is 0 Å². The van der Waals surface area contributed by atoms with Gasteiger partial charge in [0.15, 0.2) is 0 Å². The van der Waals surface area contributed by atoms with Crippen LogP contribution in [-0.2, 0) is 19.5 Å². The van der Waals surface area contributed by atoms with Gasteiger partial charge in [-0.1, -0.05) is 66.2 Å². The van der Waals surface area contributed by atoms with E-state index in [0.717, 1.165) is 53.4 Å². The number of fused-ring (bicyclic) bond motifs is 1. The van der Waals surface area contributed by atoms with Crippen molar-refractivity contribution in [1.82, 2.24) is 4.90 Å². The average molecular weight is 519 g/mol. The normalized spacial score (nSPS) is 15.7. The van der Waals surface area contributed by atoms with Crippen molar-refractivity contribution in [3.05, 3.63) is 129 Å². The molecule has 0 amide bonds. The fraction of sp³-hybridized carbons (Fsp3) is 0.226. The molecule has 190 valence electrons. The van der Waals surface area contributed by atoms with Crippen molar-refractivity contribution in [3.63, 3.8) is 0 Å². The van der Waals surface area contributed by atoms with Crippen LogP contribution < -0.4 is 4.90 Å². The lowest BCUT2D eigenvalue weighted by molar-refractivity contribution is 0.338. The first-order chi connectivity index (χ1) is 17.9. The van der Waals surface area contributed by atoms with E-state index in [1.54, 1.807) is 6.07 Å². The maximum atomic E-state index is 14.8. The zero-order valence-electron chi connectivity index (χ0n) is 20.7. The number of phenols is 1. The Balaban J connectivity index is 1.44. The summed E-state index contributed by atoms with van der Waals surface area (Å²) in [5, 5.41) is 10.7. The minimum Gasteiger partial charge on any atom is -0.506 e. The Labute approximate surface area is 221 Å². The van der Waals surface area contributed by atoms with Gasteiger partial charge in [-0.2, -0.15) is 0 Å². The van der Waals surface area contributed by atoms with Gasteiger partial charge in [0, 0.05) is 38.2 Å². The number of aromatic hydroxyl groups is 1. The minimum absolute atomic E-state index is 0.0923. The number of phenolic OH excluding ortho intramolecular Hbond substituents is 1. The molecule has 0 saturated heterocycles. The lowest BCUT2D eigenvalue weighted by atomic mass is 9.87. The maximum Gasteiger partial charge on any atom is 0.149 e. The van der Waals surface area contributed by atoms with E-state index in [-0.39, 0.29) is 11.7 Å². The molecule has 1 N–H and O–H groups in total. The maximum absolute atomic E-state index is 14.8. The van der Waals surface area contributed by atoms with Crippen LogP contribution in [0.1, 0.15) is 33.7 Å². The Morgan fingerprint density at radius 1 is 0.919 bits per heavy atom. The van der Waals surface area contributed by atoms with E-state index in [1.165, 1.54) is 12.1 Å². The highest BCUT2D eigenvalue weighted by atomic mass is 35.5. The molecule has 1 heterocycles. The number of nitrogens with zero attached hydrogens (tertiary/aromatic N) is 2. The van der Waals surface area contributed by atoms with Crippen LogP contribution in [0.15, 0.2) is 84.9 Å². The van der Waals surface area contributed by atoms with Gasteiger partial charge in [0.05, 0.1) is 10.7 Å². The Kier molecular flexibility index (Phi) is 7.45. The smallest absolute Gasteiger partial charge is 0.149 e. The second kappa shape index (κ2) is 10.9. The molecule has 1 aliphatic rings. The Hall–Kier alpha value is -3.41. The molecule has 4 aromatic rings. The van der Waals surface area contributed by atoms with E-state index in [2.05, 4.69) is 36.2 Å². The van der Waals surface area contributed by atoms with Gasteiger partial charge in [-0.25, -0.2) is 8.78 Å². The first kappa shape index (κ1) is 25.2. The van der Waals surface area contributed by atoms with E-state index >= 15 is 0 Å². The number of hydrogen-bond donors (Lipinski definition) is 1. The molecule has 1 atom stereocenters. The van der Waals surface area contributed by atoms with Crippen LogP contribution in [0, 0.1) is 11.6 Å². The minimum atomic E-state index is -0.591. The molecule has 0 bridgehead atoms. The molecule has 0 radical (unpaired) electrons. The summed E-state index contributed by atoms with van der Waals surface area (Å²) in [6.45, 7) is 2.70. The topological polar surface area (TPSA) is 26.7 Å². The molecule has 0 aliphatic carbocycles. The molecule has 0 unspecified atom stereocenters. The summed E-state index contributed by atoms with van der Waals surface area (Å²) in [5.41, 5.74) is 5.81. The van der Waals surface area contributed by atoms with Gasteiger partial charge in [-0.15, -0.1) is 0 Å². The van der Waals surface area contributed by atoms with Crippen LogP contribution in [0.4, 0.5) is 14.5 Å². The molecule has 0 spiro atoms. The SMILES string of the molecule is CN1CCc2cc(Cl)c(O)cc2[C@@H](c2ccc(CN(Cc3ccccc3)c3ccc(F)cc3F)cc2)C1. The molecule has 37 heavy (non-hydrogen) atoms. The predicted octanol–water partition coefficient (Wildman–Crippen LogP) is 7.15. The van der Waals surface area contributed by atoms with Gasteiger partial charge < -0.3 is 14.9 Å². The van der Waals surface area contributed by atoms with Crippen LogP contribution in [-0.4, -0.2) is 30.1 Å². The lowest BCUT2D eigenvalue weighted by Gasteiger charge is -2.26. The fourth-order valence-electron chi connectivity index (χ4n) is 5.10. The summed E-state index contributed by atoms with van der Waals surface area (Å²) in [4.78, 5) is 4.22. The Bertz CT molecular complexity index is 1380. The first-order valence-electron chi connectivity index (χ1n) is 12.4. The monoisotopic (exact) mass is 518 g/mol. The summed E-state index contributed by atoms with van der Waals surface area (Å²) in [7, 11) is 2.10. The quantitative estimate of drug-likeness (QED) is 0.293. The first-order valence-corrected chi connectivity index (χ1v) is 12.8. The van der Waals surface area contributed by atoms with Crippen molar-refractivity contribution in [1.29, 1.82) is 0 Å². The zero-order valence-corrected chi connectivity index (χ0v) is 21.4. The molecule has 1 aliphatic heterocycles. The second-order valence-electron chi connectivity index (χ2n) is 9.75. The van der Waals surface area contributed by atoms with E-state index in [4.69, 9.17) is 11.6 Å². The largest absolute Gasteiger partial charge is 0.506 e. The van der Waals surface area contributed by atoms with Crippen LogP contribution in [0.3, 0.4) is 0 Å². The van der Waals surface area contributed by atoms with Crippen LogP contribution >= 0.6 is 11.6 Å². The molecule has 0 saturated carbocycles. The third-order valence-corrected chi connectivity index (χ3v) is 7.37. The zero-order chi connectivity index (χ0) is 25.9. The lowest BCUT2D eigenvalue weighted by Crippen LogP contribution is -2.24. The molecule has 5 rings (SSSR count). The second-order valence-corrected chi connectivity index (χ2v) is 10.2. The van der Waals surface area contributed by atoms with Crippen LogP contribution in [0.5, 0.6) is 5.75 Å². The molecule has 0 aromatic heterocycles. The van der Waals surface area contributed by atoms with Gasteiger partial charge in [0.2, 0.25) is 0 Å². The number of likely N-dealkylation sites (N-methyl/N-ethyl adjacent to an activating group) is 1. The van der Waals surface area contributed by atoms with Gasteiger partial charge in [-0.3, -0.25) is 0 Å². The number of anilines is 1. The van der Waals surface area contributed by atoms with Crippen molar-refractivity contribution in [2.75, 3.05) is 25.0 Å². The third-order valence-electron chi connectivity index (χ3n) is 7.06. The molecule has 4 aromatic carbocycles. The molecule has 3 nitrogen and oxygen atoms in total. The standard InChI is InChI=1S/C31H29ClF2N2O/c1-35-14-13-24-15-28(32)31(37)17-26(24)27(20-35)23-9-7-22(8-10-23)19-36(18-21-5-3-2-4-6-21)30-12-11-25(33)16-29(30)34/h2-12,15-17,27,37H,13-14,18-20H2,1H3/t27-/m1/s1. The third kappa shape index (κ3) is 5.79. The van der Waals surface area contributed by atoms with Crippen molar-refractivity contribution < 1.29 is 13.9 Å².